The average Bonchev–Trinajstić information content (AvgIpc) is 2.53. The van der Waals surface area contributed by atoms with Gasteiger partial charge >= 0.3 is 29.9 Å². The highest BCUT2D eigenvalue weighted by molar-refractivity contribution is 5.24. The SMILES string of the molecule is CCCc1ccc(C(O)CC(F)(F)C(F)(F)C(F)(F)C(F)(F)C(F)(F)F)cc1. The molecule has 162 valence electrons. The first kappa shape index (κ1) is 24.4. The molecule has 1 unspecified atom stereocenters. The van der Waals surface area contributed by atoms with E-state index in [-0.39, 0.29) is 0 Å². The Kier molecular flexibility index (Phi) is 6.70. The van der Waals surface area contributed by atoms with Gasteiger partial charge in [0, 0.05) is 6.42 Å². The minimum atomic E-state index is -7.47. The van der Waals surface area contributed by atoms with Crippen molar-refractivity contribution in [3.8, 4) is 0 Å². The fourth-order valence-electron chi connectivity index (χ4n) is 2.29. The summed E-state index contributed by atoms with van der Waals surface area (Å²) >= 11 is 0. The lowest BCUT2D eigenvalue weighted by molar-refractivity contribution is -0.423. The molecule has 1 aromatic rings. The van der Waals surface area contributed by atoms with Crippen molar-refractivity contribution in [2.75, 3.05) is 0 Å². The number of alkyl halides is 11. The second kappa shape index (κ2) is 7.68. The summed E-state index contributed by atoms with van der Waals surface area (Å²) in [6.07, 6.45) is -11.0. The number of benzene rings is 1. The highest BCUT2D eigenvalue weighted by atomic mass is 19.4. The number of aryl methyl sites for hydroxylation is 1. The van der Waals surface area contributed by atoms with Crippen molar-refractivity contribution in [3.05, 3.63) is 35.4 Å². The van der Waals surface area contributed by atoms with Crippen LogP contribution in [0, 0.1) is 0 Å². The molecule has 0 aliphatic rings. The molecule has 0 aliphatic heterocycles. The molecular weight excluding hydrogens is 417 g/mol. The summed E-state index contributed by atoms with van der Waals surface area (Å²) in [5.74, 6) is -28.1. The molecule has 0 saturated heterocycles. The number of hydrogen-bond acceptors (Lipinski definition) is 1. The van der Waals surface area contributed by atoms with Crippen LogP contribution in [0.1, 0.15) is 37.0 Å². The fourth-order valence-corrected chi connectivity index (χ4v) is 2.29. The lowest BCUT2D eigenvalue weighted by atomic mass is 9.92. The van der Waals surface area contributed by atoms with Crippen LogP contribution in [0.5, 0.6) is 0 Å². The second-order valence-corrected chi connectivity index (χ2v) is 6.14. The third kappa shape index (κ3) is 4.20. The first-order chi connectivity index (χ1) is 12.4. The molecule has 0 saturated carbocycles. The summed E-state index contributed by atoms with van der Waals surface area (Å²) in [7, 11) is 0. The van der Waals surface area contributed by atoms with Crippen LogP contribution in [0.4, 0.5) is 48.3 Å². The molecule has 0 radical (unpaired) electrons. The Morgan fingerprint density at radius 2 is 1.21 bits per heavy atom. The van der Waals surface area contributed by atoms with E-state index in [1.165, 1.54) is 12.1 Å². The van der Waals surface area contributed by atoms with E-state index in [9.17, 15) is 53.4 Å². The summed E-state index contributed by atoms with van der Waals surface area (Å²) in [5, 5.41) is 9.60. The number of aliphatic hydroxyl groups excluding tert-OH is 1. The normalized spacial score (nSPS) is 15.6. The Bertz CT molecular complexity index is 650. The molecule has 0 aromatic heterocycles. The minimum absolute atomic E-state index is 0.429. The zero-order chi connectivity index (χ0) is 22.2. The number of rotatable bonds is 8. The second-order valence-electron chi connectivity index (χ2n) is 6.14. The van der Waals surface area contributed by atoms with Gasteiger partial charge in [0.25, 0.3) is 0 Å². The van der Waals surface area contributed by atoms with Crippen LogP contribution in [0.2, 0.25) is 0 Å². The molecule has 0 spiro atoms. The highest BCUT2D eigenvalue weighted by Crippen LogP contribution is 2.58. The van der Waals surface area contributed by atoms with Crippen LogP contribution in [0.15, 0.2) is 24.3 Å². The largest absolute Gasteiger partial charge is 0.460 e. The summed E-state index contributed by atoms with van der Waals surface area (Å²) in [5.41, 5.74) is 0.244. The Hall–Kier alpha value is -1.59. The number of halogens is 11. The zero-order valence-corrected chi connectivity index (χ0v) is 14.1. The number of aliphatic hydroxyl groups is 1. The molecule has 0 fully saturated rings. The van der Waals surface area contributed by atoms with E-state index in [2.05, 4.69) is 0 Å². The Labute approximate surface area is 152 Å². The maximum atomic E-state index is 13.7. The van der Waals surface area contributed by atoms with Gasteiger partial charge in [-0.05, 0) is 17.5 Å². The van der Waals surface area contributed by atoms with Crippen LogP contribution < -0.4 is 0 Å². The maximum absolute atomic E-state index is 13.7. The first-order valence-electron chi connectivity index (χ1n) is 7.77. The molecule has 1 nitrogen and oxygen atoms in total. The molecule has 1 aromatic carbocycles. The lowest BCUT2D eigenvalue weighted by Gasteiger charge is -2.37. The van der Waals surface area contributed by atoms with Crippen molar-refractivity contribution >= 4 is 0 Å². The van der Waals surface area contributed by atoms with Crippen molar-refractivity contribution in [3.63, 3.8) is 0 Å². The quantitative estimate of drug-likeness (QED) is 0.488. The third-order valence-corrected chi connectivity index (χ3v) is 3.96. The standard InChI is InChI=1S/C16H15F11O/c1-2-3-9-4-6-10(7-5-9)11(28)8-12(17,18)13(19,20)14(21,22)15(23,24)16(25,26)27/h4-7,11,28H,2-3,8H2,1H3. The number of hydrogen-bond donors (Lipinski definition) is 1. The molecule has 12 heteroatoms. The van der Waals surface area contributed by atoms with Gasteiger partial charge in [0.15, 0.2) is 0 Å². The topological polar surface area (TPSA) is 20.2 Å². The zero-order valence-electron chi connectivity index (χ0n) is 14.1. The van der Waals surface area contributed by atoms with Crippen LogP contribution in [-0.2, 0) is 6.42 Å². The first-order valence-corrected chi connectivity index (χ1v) is 7.77. The van der Waals surface area contributed by atoms with Gasteiger partial charge in [-0.3, -0.25) is 0 Å². The van der Waals surface area contributed by atoms with Gasteiger partial charge in [-0.1, -0.05) is 37.6 Å². The van der Waals surface area contributed by atoms with E-state index in [0.29, 0.717) is 18.4 Å². The van der Waals surface area contributed by atoms with Gasteiger partial charge in [-0.25, -0.2) is 0 Å². The van der Waals surface area contributed by atoms with E-state index in [1.54, 1.807) is 0 Å². The van der Waals surface area contributed by atoms with Crippen LogP contribution in [0.3, 0.4) is 0 Å². The predicted molar refractivity (Wildman–Crippen MR) is 75.9 cm³/mol. The lowest BCUT2D eigenvalue weighted by Crippen LogP contribution is -2.66. The van der Waals surface area contributed by atoms with Crippen LogP contribution >= 0.6 is 0 Å². The molecule has 28 heavy (non-hydrogen) atoms. The van der Waals surface area contributed by atoms with Crippen molar-refractivity contribution in [1.29, 1.82) is 0 Å². The molecule has 0 aliphatic carbocycles. The summed E-state index contributed by atoms with van der Waals surface area (Å²) in [6, 6.07) is 4.69. The molecule has 0 amide bonds. The fraction of sp³-hybridized carbons (Fsp3) is 0.625. The smallest absolute Gasteiger partial charge is 0.388 e. The van der Waals surface area contributed by atoms with E-state index in [1.807, 2.05) is 6.92 Å². The molecular formula is C16H15F11O. The maximum Gasteiger partial charge on any atom is 0.460 e. The van der Waals surface area contributed by atoms with Gasteiger partial charge < -0.3 is 5.11 Å². The molecule has 1 N–H and O–H groups in total. The third-order valence-electron chi connectivity index (χ3n) is 3.96. The molecule has 0 bridgehead atoms. The van der Waals surface area contributed by atoms with Gasteiger partial charge in [0.2, 0.25) is 0 Å². The Balaban J connectivity index is 3.15. The van der Waals surface area contributed by atoms with E-state index >= 15 is 0 Å². The average molecular weight is 432 g/mol. The molecule has 1 rings (SSSR count). The minimum Gasteiger partial charge on any atom is -0.388 e. The summed E-state index contributed by atoms with van der Waals surface area (Å²) < 4.78 is 142. The van der Waals surface area contributed by atoms with Gasteiger partial charge in [-0.15, -0.1) is 0 Å². The van der Waals surface area contributed by atoms with Crippen LogP contribution in [-0.4, -0.2) is 35.0 Å². The van der Waals surface area contributed by atoms with E-state index in [4.69, 9.17) is 0 Å². The predicted octanol–water partition coefficient (Wildman–Crippen LogP) is 6.17. The van der Waals surface area contributed by atoms with E-state index < -0.39 is 48.0 Å². The summed E-state index contributed by atoms with van der Waals surface area (Å²) in [4.78, 5) is 0. The van der Waals surface area contributed by atoms with Gasteiger partial charge in [0.05, 0.1) is 6.10 Å². The van der Waals surface area contributed by atoms with Gasteiger partial charge in [-0.2, -0.15) is 48.3 Å². The Morgan fingerprint density at radius 1 is 0.750 bits per heavy atom. The van der Waals surface area contributed by atoms with Crippen molar-refractivity contribution in [2.45, 2.75) is 62.2 Å². The van der Waals surface area contributed by atoms with Gasteiger partial charge in [0.1, 0.15) is 0 Å². The summed E-state index contributed by atoms with van der Waals surface area (Å²) in [6.45, 7) is 1.81. The molecule has 1 atom stereocenters. The van der Waals surface area contributed by atoms with Crippen molar-refractivity contribution < 1.29 is 53.4 Å². The van der Waals surface area contributed by atoms with Crippen molar-refractivity contribution in [2.24, 2.45) is 0 Å². The monoisotopic (exact) mass is 432 g/mol. The van der Waals surface area contributed by atoms with E-state index in [0.717, 1.165) is 12.1 Å². The van der Waals surface area contributed by atoms with Crippen molar-refractivity contribution in [1.82, 2.24) is 0 Å². The highest BCUT2D eigenvalue weighted by Gasteiger charge is 2.87. The molecule has 0 heterocycles. The Morgan fingerprint density at radius 3 is 1.61 bits per heavy atom. The van der Waals surface area contributed by atoms with Crippen LogP contribution in [0.25, 0.3) is 0 Å².